The van der Waals surface area contributed by atoms with E-state index in [4.69, 9.17) is 11.6 Å². The Labute approximate surface area is 167 Å². The minimum atomic E-state index is -0.0415. The zero-order valence-electron chi connectivity index (χ0n) is 14.6. The Hall–Kier alpha value is -2.57. The van der Waals surface area contributed by atoms with Gasteiger partial charge in [-0.3, -0.25) is 9.89 Å². The number of carbonyl (C=O) groups is 1. The fourth-order valence-corrected chi connectivity index (χ4v) is 3.08. The van der Waals surface area contributed by atoms with Gasteiger partial charge in [-0.05, 0) is 35.8 Å². The number of nitrogens with zero attached hydrogens (tertiary/aromatic N) is 2. The Morgan fingerprint density at radius 3 is 2.67 bits per heavy atom. The fraction of sp³-hybridized carbons (Fsp3) is 0.150. The first-order valence-electron chi connectivity index (χ1n) is 8.48. The standard InChI is InChI=1S/C20H19ClN4OS/c21-17-9-6-16(7-10-17)12-13-22-19(26)14-27-20-23-18(24-25-20)11-8-15-4-2-1-3-5-15/h1-11H,12-14H2,(H,22,26)(H,23,24,25)/b11-8+. The highest BCUT2D eigenvalue weighted by molar-refractivity contribution is 7.99. The Morgan fingerprint density at radius 2 is 1.89 bits per heavy atom. The van der Waals surface area contributed by atoms with E-state index in [9.17, 15) is 4.79 Å². The van der Waals surface area contributed by atoms with Crippen molar-refractivity contribution in [3.63, 3.8) is 0 Å². The van der Waals surface area contributed by atoms with Gasteiger partial charge in [0.2, 0.25) is 11.1 Å². The normalized spacial score (nSPS) is 11.0. The summed E-state index contributed by atoms with van der Waals surface area (Å²) in [6.45, 7) is 0.583. The first-order chi connectivity index (χ1) is 13.2. The molecule has 7 heteroatoms. The molecule has 0 unspecified atom stereocenters. The molecule has 0 bridgehead atoms. The molecule has 0 aliphatic rings. The van der Waals surface area contributed by atoms with Gasteiger partial charge in [-0.25, -0.2) is 4.98 Å². The average molecular weight is 399 g/mol. The second-order valence-electron chi connectivity index (χ2n) is 5.76. The van der Waals surface area contributed by atoms with Crippen molar-refractivity contribution in [3.8, 4) is 0 Å². The van der Waals surface area contributed by atoms with Crippen LogP contribution in [0.15, 0.2) is 59.8 Å². The predicted octanol–water partition coefficient (Wildman–Crippen LogP) is 4.08. The summed E-state index contributed by atoms with van der Waals surface area (Å²) in [5, 5.41) is 11.1. The van der Waals surface area contributed by atoms with E-state index in [1.54, 1.807) is 0 Å². The van der Waals surface area contributed by atoms with Crippen LogP contribution in [0.5, 0.6) is 0 Å². The summed E-state index contributed by atoms with van der Waals surface area (Å²) in [7, 11) is 0. The van der Waals surface area contributed by atoms with Crippen LogP contribution in [0.4, 0.5) is 0 Å². The topological polar surface area (TPSA) is 70.7 Å². The van der Waals surface area contributed by atoms with Crippen molar-refractivity contribution in [2.75, 3.05) is 12.3 Å². The monoisotopic (exact) mass is 398 g/mol. The van der Waals surface area contributed by atoms with E-state index in [0.717, 1.165) is 17.5 Å². The smallest absolute Gasteiger partial charge is 0.230 e. The van der Waals surface area contributed by atoms with Crippen molar-refractivity contribution in [1.29, 1.82) is 0 Å². The number of hydrogen-bond donors (Lipinski definition) is 2. The number of benzene rings is 2. The number of carbonyl (C=O) groups excluding carboxylic acids is 1. The molecule has 0 fully saturated rings. The van der Waals surface area contributed by atoms with Crippen molar-refractivity contribution in [2.45, 2.75) is 11.6 Å². The molecule has 0 saturated carbocycles. The van der Waals surface area contributed by atoms with Crippen molar-refractivity contribution < 1.29 is 4.79 Å². The lowest BCUT2D eigenvalue weighted by atomic mass is 10.1. The van der Waals surface area contributed by atoms with Crippen LogP contribution in [0, 0.1) is 0 Å². The number of hydrogen-bond acceptors (Lipinski definition) is 4. The van der Waals surface area contributed by atoms with Crippen LogP contribution < -0.4 is 5.32 Å². The molecular formula is C20H19ClN4OS. The molecule has 0 aliphatic carbocycles. The molecule has 138 valence electrons. The van der Waals surface area contributed by atoms with E-state index in [-0.39, 0.29) is 11.7 Å². The number of rotatable bonds is 8. The van der Waals surface area contributed by atoms with Crippen LogP contribution in [0.3, 0.4) is 0 Å². The van der Waals surface area contributed by atoms with Gasteiger partial charge in [0.15, 0.2) is 0 Å². The lowest BCUT2D eigenvalue weighted by Crippen LogP contribution is -2.27. The molecule has 0 spiro atoms. The highest BCUT2D eigenvalue weighted by Gasteiger charge is 2.06. The van der Waals surface area contributed by atoms with Crippen LogP contribution >= 0.6 is 23.4 Å². The molecular weight excluding hydrogens is 380 g/mol. The van der Waals surface area contributed by atoms with Crippen LogP contribution in [0.2, 0.25) is 5.02 Å². The van der Waals surface area contributed by atoms with Crippen LogP contribution in [-0.2, 0) is 11.2 Å². The van der Waals surface area contributed by atoms with Gasteiger partial charge in [-0.15, -0.1) is 5.10 Å². The van der Waals surface area contributed by atoms with E-state index in [1.807, 2.05) is 66.7 Å². The Bertz CT molecular complexity index is 894. The zero-order chi connectivity index (χ0) is 18.9. The van der Waals surface area contributed by atoms with E-state index >= 15 is 0 Å². The molecule has 0 saturated heterocycles. The predicted molar refractivity (Wildman–Crippen MR) is 111 cm³/mol. The van der Waals surface area contributed by atoms with Crippen molar-refractivity contribution >= 4 is 41.4 Å². The van der Waals surface area contributed by atoms with Gasteiger partial charge < -0.3 is 5.32 Å². The van der Waals surface area contributed by atoms with Gasteiger partial charge in [0.25, 0.3) is 0 Å². The second-order valence-corrected chi connectivity index (χ2v) is 7.14. The summed E-state index contributed by atoms with van der Waals surface area (Å²) in [6.07, 6.45) is 4.58. The minimum Gasteiger partial charge on any atom is -0.355 e. The number of thioether (sulfide) groups is 1. The number of halogens is 1. The van der Waals surface area contributed by atoms with E-state index in [2.05, 4.69) is 20.5 Å². The van der Waals surface area contributed by atoms with Gasteiger partial charge in [0.05, 0.1) is 5.75 Å². The molecule has 2 aromatic carbocycles. The third kappa shape index (κ3) is 6.58. The quantitative estimate of drug-likeness (QED) is 0.561. The maximum atomic E-state index is 11.9. The maximum Gasteiger partial charge on any atom is 0.230 e. The van der Waals surface area contributed by atoms with Gasteiger partial charge >= 0.3 is 0 Å². The van der Waals surface area contributed by atoms with Crippen LogP contribution in [0.1, 0.15) is 17.0 Å². The number of nitrogens with one attached hydrogen (secondary N) is 2. The van der Waals surface area contributed by atoms with Crippen molar-refractivity contribution in [3.05, 3.63) is 76.6 Å². The lowest BCUT2D eigenvalue weighted by molar-refractivity contribution is -0.118. The van der Waals surface area contributed by atoms with Gasteiger partial charge in [-0.1, -0.05) is 71.9 Å². The second kappa shape index (κ2) is 9.94. The molecule has 1 amide bonds. The first-order valence-corrected chi connectivity index (χ1v) is 9.85. The summed E-state index contributed by atoms with van der Waals surface area (Å²) in [6, 6.07) is 17.6. The molecule has 0 aliphatic heterocycles. The third-order valence-electron chi connectivity index (χ3n) is 3.70. The van der Waals surface area contributed by atoms with Gasteiger partial charge in [-0.2, -0.15) is 0 Å². The van der Waals surface area contributed by atoms with Gasteiger partial charge in [0.1, 0.15) is 5.82 Å². The first kappa shape index (κ1) is 19.2. The molecule has 1 heterocycles. The Morgan fingerprint density at radius 1 is 1.11 bits per heavy atom. The molecule has 0 radical (unpaired) electrons. The summed E-state index contributed by atoms with van der Waals surface area (Å²) in [4.78, 5) is 16.3. The Balaban J connectivity index is 1.39. The molecule has 1 aromatic heterocycles. The summed E-state index contributed by atoms with van der Waals surface area (Å²) in [5.41, 5.74) is 2.22. The molecule has 2 N–H and O–H groups in total. The number of aromatic nitrogens is 3. The van der Waals surface area contributed by atoms with Crippen LogP contribution in [-0.4, -0.2) is 33.4 Å². The van der Waals surface area contributed by atoms with E-state index < -0.39 is 0 Å². The SMILES string of the molecule is O=C(CSc1n[nH]c(/C=C/c2ccccc2)n1)NCCc1ccc(Cl)cc1. The van der Waals surface area contributed by atoms with Crippen molar-refractivity contribution in [2.24, 2.45) is 0 Å². The number of amides is 1. The molecule has 27 heavy (non-hydrogen) atoms. The average Bonchev–Trinajstić information content (AvgIpc) is 3.15. The molecule has 0 atom stereocenters. The lowest BCUT2D eigenvalue weighted by Gasteiger charge is -2.04. The summed E-state index contributed by atoms with van der Waals surface area (Å²) < 4.78 is 0. The molecule has 5 nitrogen and oxygen atoms in total. The van der Waals surface area contributed by atoms with Crippen molar-refractivity contribution in [1.82, 2.24) is 20.5 Å². The molecule has 3 aromatic rings. The summed E-state index contributed by atoms with van der Waals surface area (Å²) >= 11 is 7.16. The van der Waals surface area contributed by atoms with Gasteiger partial charge in [0, 0.05) is 11.6 Å². The highest BCUT2D eigenvalue weighted by Crippen LogP contribution is 2.13. The zero-order valence-corrected chi connectivity index (χ0v) is 16.1. The Kier molecular flexibility index (Phi) is 7.07. The maximum absolute atomic E-state index is 11.9. The van der Waals surface area contributed by atoms with Crippen LogP contribution in [0.25, 0.3) is 12.2 Å². The largest absolute Gasteiger partial charge is 0.355 e. The van der Waals surface area contributed by atoms with E-state index in [0.29, 0.717) is 22.5 Å². The number of aromatic amines is 1. The summed E-state index contributed by atoms with van der Waals surface area (Å²) in [5.74, 6) is 0.893. The highest BCUT2D eigenvalue weighted by atomic mass is 35.5. The fourth-order valence-electron chi connectivity index (χ4n) is 2.31. The third-order valence-corrected chi connectivity index (χ3v) is 4.80. The molecule has 3 rings (SSSR count). The van der Waals surface area contributed by atoms with E-state index in [1.165, 1.54) is 11.8 Å². The minimum absolute atomic E-state index is 0.0415. The number of H-pyrrole nitrogens is 1.